The lowest BCUT2D eigenvalue weighted by Crippen LogP contribution is -2.09. The molecular formula is C23H16ClNO6. The van der Waals surface area contributed by atoms with Crippen molar-refractivity contribution in [2.75, 3.05) is 7.11 Å². The van der Waals surface area contributed by atoms with E-state index >= 15 is 0 Å². The number of ether oxygens (including phenoxy) is 2. The Bertz CT molecular complexity index is 1170. The number of carbonyl (C=O) groups excluding carboxylic acids is 2. The van der Waals surface area contributed by atoms with Crippen molar-refractivity contribution in [1.82, 2.24) is 0 Å². The van der Waals surface area contributed by atoms with Gasteiger partial charge in [0.15, 0.2) is 17.3 Å². The number of nitrogens with zero attached hydrogens (tertiary/aromatic N) is 1. The summed E-state index contributed by atoms with van der Waals surface area (Å²) in [5.41, 5.74) is 0.963. The maximum absolute atomic E-state index is 12.4. The molecule has 0 N–H and O–H groups in total. The predicted octanol–water partition coefficient (Wildman–Crippen LogP) is 5.37. The molecule has 0 aliphatic rings. The van der Waals surface area contributed by atoms with E-state index in [0.29, 0.717) is 16.1 Å². The minimum absolute atomic E-state index is 0.0359. The summed E-state index contributed by atoms with van der Waals surface area (Å²) in [6, 6.07) is 16.5. The maximum atomic E-state index is 12.4. The van der Waals surface area contributed by atoms with Gasteiger partial charge in [-0.15, -0.1) is 0 Å². The Balaban J connectivity index is 1.76. The number of carbonyl (C=O) groups is 2. The second-order valence-electron chi connectivity index (χ2n) is 6.31. The van der Waals surface area contributed by atoms with E-state index in [2.05, 4.69) is 0 Å². The van der Waals surface area contributed by atoms with Crippen molar-refractivity contribution in [3.63, 3.8) is 0 Å². The lowest BCUT2D eigenvalue weighted by atomic mass is 10.1. The molecule has 0 fully saturated rings. The summed E-state index contributed by atoms with van der Waals surface area (Å²) in [4.78, 5) is 34.9. The van der Waals surface area contributed by atoms with Gasteiger partial charge in [-0.2, -0.15) is 0 Å². The number of hydrogen-bond acceptors (Lipinski definition) is 6. The lowest BCUT2D eigenvalue weighted by Gasteiger charge is -2.10. The first-order chi connectivity index (χ1) is 14.9. The quantitative estimate of drug-likeness (QED) is 0.123. The number of nitro benzene ring substituents is 1. The second-order valence-corrected chi connectivity index (χ2v) is 6.75. The molecule has 0 saturated heterocycles. The first-order valence-corrected chi connectivity index (χ1v) is 9.38. The summed E-state index contributed by atoms with van der Waals surface area (Å²) in [5, 5.41) is 11.4. The third kappa shape index (κ3) is 5.55. The Labute approximate surface area is 182 Å². The van der Waals surface area contributed by atoms with E-state index in [4.69, 9.17) is 21.1 Å². The van der Waals surface area contributed by atoms with Crippen LogP contribution in [0.3, 0.4) is 0 Å². The SMILES string of the molecule is COc1cc(/C=C\C(=O)c2ccc(Cl)cc2)ccc1OC(=O)c1cccc([N+](=O)[O-])c1. The van der Waals surface area contributed by atoms with Crippen molar-refractivity contribution in [2.24, 2.45) is 0 Å². The average Bonchev–Trinajstić information content (AvgIpc) is 2.78. The van der Waals surface area contributed by atoms with Gasteiger partial charge in [0.05, 0.1) is 17.6 Å². The highest BCUT2D eigenvalue weighted by atomic mass is 35.5. The first-order valence-electron chi connectivity index (χ1n) is 9.00. The number of non-ortho nitro benzene ring substituents is 1. The van der Waals surface area contributed by atoms with Crippen molar-refractivity contribution < 1.29 is 24.0 Å². The van der Waals surface area contributed by atoms with Gasteiger partial charge in [0.25, 0.3) is 5.69 Å². The van der Waals surface area contributed by atoms with Crippen molar-refractivity contribution in [3.8, 4) is 11.5 Å². The number of halogens is 1. The van der Waals surface area contributed by atoms with Crippen LogP contribution in [0.1, 0.15) is 26.3 Å². The molecule has 0 spiro atoms. The summed E-state index contributed by atoms with van der Waals surface area (Å²) >= 11 is 5.83. The van der Waals surface area contributed by atoms with E-state index in [1.54, 1.807) is 42.5 Å². The van der Waals surface area contributed by atoms with Gasteiger partial charge in [0, 0.05) is 22.7 Å². The number of hydrogen-bond donors (Lipinski definition) is 0. The number of methoxy groups -OCH3 is 1. The fraction of sp³-hybridized carbons (Fsp3) is 0.0435. The van der Waals surface area contributed by atoms with E-state index in [0.717, 1.165) is 6.07 Å². The Morgan fingerprint density at radius 2 is 1.71 bits per heavy atom. The Hall–Kier alpha value is -3.97. The van der Waals surface area contributed by atoms with Crippen molar-refractivity contribution in [2.45, 2.75) is 0 Å². The van der Waals surface area contributed by atoms with Gasteiger partial charge < -0.3 is 9.47 Å². The molecule has 0 radical (unpaired) electrons. The molecule has 0 unspecified atom stereocenters. The Morgan fingerprint density at radius 1 is 0.968 bits per heavy atom. The van der Waals surface area contributed by atoms with Gasteiger partial charge in [0.2, 0.25) is 0 Å². The number of rotatable bonds is 7. The molecule has 0 aliphatic carbocycles. The molecule has 0 amide bonds. The van der Waals surface area contributed by atoms with Gasteiger partial charge in [-0.25, -0.2) is 4.79 Å². The van der Waals surface area contributed by atoms with Crippen LogP contribution in [-0.2, 0) is 0 Å². The van der Waals surface area contributed by atoms with Crippen molar-refractivity contribution in [3.05, 3.63) is 105 Å². The third-order valence-electron chi connectivity index (χ3n) is 4.24. The molecular weight excluding hydrogens is 422 g/mol. The second kappa shape index (κ2) is 9.69. The zero-order valence-electron chi connectivity index (χ0n) is 16.3. The van der Waals surface area contributed by atoms with E-state index < -0.39 is 10.9 Å². The van der Waals surface area contributed by atoms with Crippen molar-refractivity contribution >= 4 is 35.1 Å². The number of benzene rings is 3. The van der Waals surface area contributed by atoms with Crippen LogP contribution in [0.4, 0.5) is 5.69 Å². The fourth-order valence-electron chi connectivity index (χ4n) is 2.66. The zero-order chi connectivity index (χ0) is 22.4. The zero-order valence-corrected chi connectivity index (χ0v) is 17.0. The molecule has 0 heterocycles. The van der Waals surface area contributed by atoms with Crippen LogP contribution in [0.15, 0.2) is 72.8 Å². The molecule has 7 nitrogen and oxygen atoms in total. The molecule has 0 aromatic heterocycles. The van der Waals surface area contributed by atoms with Gasteiger partial charge in [-0.3, -0.25) is 14.9 Å². The minimum Gasteiger partial charge on any atom is -0.493 e. The fourth-order valence-corrected chi connectivity index (χ4v) is 2.79. The molecule has 3 aromatic rings. The number of esters is 1. The molecule has 0 bridgehead atoms. The molecule has 0 saturated carbocycles. The van der Waals surface area contributed by atoms with E-state index in [1.165, 1.54) is 37.5 Å². The highest BCUT2D eigenvalue weighted by molar-refractivity contribution is 6.30. The van der Waals surface area contributed by atoms with E-state index in [9.17, 15) is 19.7 Å². The molecule has 156 valence electrons. The standard InChI is InChI=1S/C23H16ClNO6/c1-30-22-13-15(5-11-20(26)16-7-9-18(24)10-8-16)6-12-21(22)31-23(27)17-3-2-4-19(14-17)25(28)29/h2-14H,1H3/b11-5-. The van der Waals surface area contributed by atoms with Crippen LogP contribution in [0.2, 0.25) is 5.02 Å². The summed E-state index contributed by atoms with van der Waals surface area (Å²) < 4.78 is 10.6. The smallest absolute Gasteiger partial charge is 0.343 e. The maximum Gasteiger partial charge on any atom is 0.343 e. The highest BCUT2D eigenvalue weighted by Crippen LogP contribution is 2.29. The molecule has 31 heavy (non-hydrogen) atoms. The monoisotopic (exact) mass is 437 g/mol. The van der Waals surface area contributed by atoms with Gasteiger partial charge in [0.1, 0.15) is 0 Å². The summed E-state index contributed by atoms with van der Waals surface area (Å²) in [6.45, 7) is 0. The topological polar surface area (TPSA) is 95.7 Å². The molecule has 3 rings (SSSR count). The largest absolute Gasteiger partial charge is 0.493 e. The molecule has 0 atom stereocenters. The summed E-state index contributed by atoms with van der Waals surface area (Å²) in [6.07, 6.45) is 3.01. The van der Waals surface area contributed by atoms with Crippen molar-refractivity contribution in [1.29, 1.82) is 0 Å². The third-order valence-corrected chi connectivity index (χ3v) is 4.49. The Morgan fingerprint density at radius 3 is 2.39 bits per heavy atom. The van der Waals surface area contributed by atoms with Crippen LogP contribution in [0.25, 0.3) is 6.08 Å². The van der Waals surface area contributed by atoms with Gasteiger partial charge in [-0.05, 0) is 54.1 Å². The lowest BCUT2D eigenvalue weighted by molar-refractivity contribution is -0.384. The summed E-state index contributed by atoms with van der Waals surface area (Å²) in [5.74, 6) is -0.555. The molecule has 3 aromatic carbocycles. The van der Waals surface area contributed by atoms with Gasteiger partial charge in [-0.1, -0.05) is 29.8 Å². The highest BCUT2D eigenvalue weighted by Gasteiger charge is 2.16. The number of nitro groups is 1. The van der Waals surface area contributed by atoms with Crippen LogP contribution >= 0.6 is 11.6 Å². The van der Waals surface area contributed by atoms with Crippen LogP contribution < -0.4 is 9.47 Å². The van der Waals surface area contributed by atoms with Crippen LogP contribution in [-0.4, -0.2) is 23.8 Å². The number of allylic oxidation sites excluding steroid dienone is 1. The normalized spacial score (nSPS) is 10.6. The number of ketones is 1. The van der Waals surface area contributed by atoms with Crippen LogP contribution in [0, 0.1) is 10.1 Å². The van der Waals surface area contributed by atoms with E-state index in [-0.39, 0.29) is 28.5 Å². The average molecular weight is 438 g/mol. The molecule has 8 heteroatoms. The Kier molecular flexibility index (Phi) is 6.79. The molecule has 0 aliphatic heterocycles. The summed E-state index contributed by atoms with van der Waals surface area (Å²) in [7, 11) is 1.41. The van der Waals surface area contributed by atoms with Gasteiger partial charge >= 0.3 is 5.97 Å². The van der Waals surface area contributed by atoms with E-state index in [1.807, 2.05) is 0 Å². The first kappa shape index (κ1) is 21.7. The predicted molar refractivity (Wildman–Crippen MR) is 116 cm³/mol. The minimum atomic E-state index is -0.761. The van der Waals surface area contributed by atoms with Crippen LogP contribution in [0.5, 0.6) is 11.5 Å².